The molecule has 2 heterocycles. The van der Waals surface area contributed by atoms with E-state index in [-0.39, 0.29) is 0 Å². The minimum atomic E-state index is 0.662. The van der Waals surface area contributed by atoms with E-state index < -0.39 is 0 Å². The largest absolute Gasteiger partial charge is 0.365 e. The normalized spacial score (nSPS) is 10.5. The van der Waals surface area contributed by atoms with Gasteiger partial charge in [-0.1, -0.05) is 0 Å². The van der Waals surface area contributed by atoms with Crippen LogP contribution in [0.1, 0.15) is 5.69 Å². The summed E-state index contributed by atoms with van der Waals surface area (Å²) in [7, 11) is 9.71. The van der Waals surface area contributed by atoms with Crippen molar-refractivity contribution in [3.63, 3.8) is 0 Å². The summed E-state index contributed by atoms with van der Waals surface area (Å²) in [5.41, 5.74) is 1.21. The molecule has 2 rings (SSSR count). The van der Waals surface area contributed by atoms with Crippen LogP contribution in [0.3, 0.4) is 0 Å². The molecule has 0 fully saturated rings. The highest BCUT2D eigenvalue weighted by Gasteiger charge is 2.12. The molecule has 1 N–H and O–H groups in total. The lowest BCUT2D eigenvalue weighted by molar-refractivity contribution is 0.806. The van der Waals surface area contributed by atoms with Gasteiger partial charge >= 0.3 is 0 Å². The summed E-state index contributed by atoms with van der Waals surface area (Å²) in [5.74, 6) is 2.01. The first kappa shape index (κ1) is 15.1. The lowest BCUT2D eigenvalue weighted by Gasteiger charge is -2.21. The van der Waals surface area contributed by atoms with Gasteiger partial charge in [0.2, 0.25) is 17.8 Å². The maximum atomic E-state index is 4.51. The summed E-state index contributed by atoms with van der Waals surface area (Å²) in [6, 6.07) is 4.09. The number of anilines is 3. The van der Waals surface area contributed by atoms with Crippen molar-refractivity contribution in [3.05, 3.63) is 24.0 Å². The van der Waals surface area contributed by atoms with Crippen molar-refractivity contribution >= 4 is 17.8 Å². The summed E-state index contributed by atoms with van der Waals surface area (Å²) < 4.78 is 0. The number of rotatable bonds is 6. The van der Waals surface area contributed by atoms with Crippen LogP contribution in [-0.2, 0) is 6.42 Å². The molecule has 0 aliphatic carbocycles. The number of nitrogens with one attached hydrogen (secondary N) is 1. The van der Waals surface area contributed by atoms with E-state index in [1.807, 2.05) is 62.2 Å². The van der Waals surface area contributed by atoms with E-state index >= 15 is 0 Å². The number of H-pyrrole nitrogens is 1. The van der Waals surface area contributed by atoms with Crippen molar-refractivity contribution in [3.8, 4) is 0 Å². The molecule has 0 aliphatic heterocycles. The molecule has 7 heteroatoms. The van der Waals surface area contributed by atoms with E-state index in [1.54, 1.807) is 0 Å². The second-order valence-corrected chi connectivity index (χ2v) is 5.39. The average molecular weight is 289 g/mol. The van der Waals surface area contributed by atoms with Crippen molar-refractivity contribution in [2.24, 2.45) is 0 Å². The van der Waals surface area contributed by atoms with E-state index in [0.29, 0.717) is 17.8 Å². The van der Waals surface area contributed by atoms with Gasteiger partial charge in [-0.15, -0.1) is 0 Å². The van der Waals surface area contributed by atoms with E-state index in [4.69, 9.17) is 0 Å². The molecule has 0 atom stereocenters. The molecule has 21 heavy (non-hydrogen) atoms. The number of aromatic amines is 1. The SMILES string of the molecule is CN(C)c1nc(N(C)C)nc(N(C)CCc2ccc[nH]2)n1. The minimum Gasteiger partial charge on any atom is -0.365 e. The van der Waals surface area contributed by atoms with Gasteiger partial charge < -0.3 is 19.7 Å². The van der Waals surface area contributed by atoms with E-state index in [9.17, 15) is 0 Å². The highest BCUT2D eigenvalue weighted by molar-refractivity contribution is 5.44. The predicted octanol–water partition coefficient (Wildman–Crippen LogP) is 1.01. The Morgan fingerprint density at radius 1 is 0.905 bits per heavy atom. The van der Waals surface area contributed by atoms with Gasteiger partial charge in [0.05, 0.1) is 0 Å². The van der Waals surface area contributed by atoms with Gasteiger partial charge in [0.25, 0.3) is 0 Å². The molecule has 2 aromatic rings. The number of aromatic nitrogens is 4. The molecule has 0 aliphatic rings. The van der Waals surface area contributed by atoms with Crippen LogP contribution in [-0.4, -0.2) is 61.7 Å². The van der Waals surface area contributed by atoms with Gasteiger partial charge in [0.15, 0.2) is 0 Å². The van der Waals surface area contributed by atoms with Crippen LogP contribution < -0.4 is 14.7 Å². The molecule has 0 saturated heterocycles. The summed E-state index contributed by atoms with van der Waals surface area (Å²) in [4.78, 5) is 22.5. The first-order chi connectivity index (χ1) is 9.97. The summed E-state index contributed by atoms with van der Waals surface area (Å²) in [6.45, 7) is 0.838. The fourth-order valence-corrected chi connectivity index (χ4v) is 1.83. The second-order valence-electron chi connectivity index (χ2n) is 5.39. The Kier molecular flexibility index (Phi) is 4.62. The third kappa shape index (κ3) is 3.84. The maximum absolute atomic E-state index is 4.51. The molecule has 0 aromatic carbocycles. The Labute approximate surface area is 125 Å². The van der Waals surface area contributed by atoms with Crippen LogP contribution in [0.4, 0.5) is 17.8 Å². The zero-order valence-corrected chi connectivity index (χ0v) is 13.3. The third-order valence-electron chi connectivity index (χ3n) is 3.12. The zero-order valence-electron chi connectivity index (χ0n) is 13.3. The van der Waals surface area contributed by atoms with Crippen LogP contribution in [0, 0.1) is 0 Å². The predicted molar refractivity (Wildman–Crippen MR) is 86.2 cm³/mol. The lowest BCUT2D eigenvalue weighted by Crippen LogP contribution is -2.26. The highest BCUT2D eigenvalue weighted by atomic mass is 15.4. The fourth-order valence-electron chi connectivity index (χ4n) is 1.83. The number of likely N-dealkylation sites (N-methyl/N-ethyl adjacent to an activating group) is 1. The summed E-state index contributed by atoms with van der Waals surface area (Å²) in [5, 5.41) is 0. The Bertz CT molecular complexity index is 536. The van der Waals surface area contributed by atoms with Crippen molar-refractivity contribution in [1.82, 2.24) is 19.9 Å². The summed E-state index contributed by atoms with van der Waals surface area (Å²) >= 11 is 0. The van der Waals surface area contributed by atoms with Gasteiger partial charge in [-0.25, -0.2) is 0 Å². The van der Waals surface area contributed by atoms with Crippen LogP contribution in [0.15, 0.2) is 18.3 Å². The van der Waals surface area contributed by atoms with Gasteiger partial charge in [0, 0.05) is 60.1 Å². The Morgan fingerprint density at radius 3 is 1.95 bits per heavy atom. The number of nitrogens with zero attached hydrogens (tertiary/aromatic N) is 6. The number of hydrogen-bond acceptors (Lipinski definition) is 6. The van der Waals surface area contributed by atoms with Crippen molar-refractivity contribution in [2.45, 2.75) is 6.42 Å². The van der Waals surface area contributed by atoms with Crippen LogP contribution in [0.5, 0.6) is 0 Å². The first-order valence-electron chi connectivity index (χ1n) is 6.91. The molecule has 0 bridgehead atoms. The smallest absolute Gasteiger partial charge is 0.231 e. The monoisotopic (exact) mass is 289 g/mol. The lowest BCUT2D eigenvalue weighted by atomic mass is 10.3. The third-order valence-corrected chi connectivity index (χ3v) is 3.12. The molecule has 0 radical (unpaired) electrons. The van der Waals surface area contributed by atoms with Gasteiger partial charge in [-0.3, -0.25) is 0 Å². The standard InChI is InChI=1S/C14H23N7/c1-19(2)12-16-13(20(3)4)18-14(17-12)21(5)10-8-11-7-6-9-15-11/h6-7,9,15H,8,10H2,1-5H3. The quantitative estimate of drug-likeness (QED) is 0.856. The van der Waals surface area contributed by atoms with Crippen molar-refractivity contribution in [2.75, 3.05) is 56.5 Å². The molecule has 0 amide bonds. The molecule has 0 unspecified atom stereocenters. The fraction of sp³-hybridized carbons (Fsp3) is 0.500. The van der Waals surface area contributed by atoms with E-state index in [0.717, 1.165) is 13.0 Å². The Hall–Kier alpha value is -2.31. The molecule has 7 nitrogen and oxygen atoms in total. The molecule has 2 aromatic heterocycles. The van der Waals surface area contributed by atoms with Crippen molar-refractivity contribution in [1.29, 1.82) is 0 Å². The minimum absolute atomic E-state index is 0.662. The second kappa shape index (κ2) is 6.43. The first-order valence-corrected chi connectivity index (χ1v) is 6.91. The Morgan fingerprint density at radius 2 is 1.48 bits per heavy atom. The summed E-state index contributed by atoms with van der Waals surface area (Å²) in [6.07, 6.45) is 2.86. The topological polar surface area (TPSA) is 64.2 Å². The van der Waals surface area contributed by atoms with Gasteiger partial charge in [0.1, 0.15) is 0 Å². The van der Waals surface area contributed by atoms with Gasteiger partial charge in [-0.2, -0.15) is 15.0 Å². The van der Waals surface area contributed by atoms with Crippen LogP contribution in [0.2, 0.25) is 0 Å². The molecular formula is C14H23N7. The van der Waals surface area contributed by atoms with Crippen LogP contribution in [0.25, 0.3) is 0 Å². The van der Waals surface area contributed by atoms with Gasteiger partial charge in [-0.05, 0) is 12.1 Å². The Balaban J connectivity index is 2.16. The average Bonchev–Trinajstić information content (AvgIpc) is 2.97. The molecule has 0 spiro atoms. The molecular weight excluding hydrogens is 266 g/mol. The zero-order chi connectivity index (χ0) is 15.4. The molecule has 114 valence electrons. The molecule has 0 saturated carbocycles. The number of hydrogen-bond donors (Lipinski definition) is 1. The van der Waals surface area contributed by atoms with Crippen LogP contribution >= 0.6 is 0 Å². The van der Waals surface area contributed by atoms with Crippen molar-refractivity contribution < 1.29 is 0 Å². The van der Waals surface area contributed by atoms with E-state index in [2.05, 4.69) is 26.0 Å². The highest BCUT2D eigenvalue weighted by Crippen LogP contribution is 2.16. The maximum Gasteiger partial charge on any atom is 0.231 e. The van der Waals surface area contributed by atoms with E-state index in [1.165, 1.54) is 5.69 Å².